The van der Waals surface area contributed by atoms with Crippen LogP contribution >= 0.6 is 11.6 Å². The number of fused-ring (bicyclic) bond motifs is 2. The molecule has 10 heteroatoms. The van der Waals surface area contributed by atoms with Gasteiger partial charge in [-0.25, -0.2) is 18.2 Å². The Hall–Kier alpha value is -3.38. The normalized spacial score (nSPS) is 23.9. The van der Waals surface area contributed by atoms with Crippen LogP contribution in [-0.2, 0) is 16.7 Å². The monoisotopic (exact) mass is 457 g/mol. The summed E-state index contributed by atoms with van der Waals surface area (Å²) in [4.78, 5) is 12.3. The van der Waals surface area contributed by atoms with Crippen LogP contribution in [-0.4, -0.2) is 28.5 Å². The molecule has 1 aliphatic carbocycles. The number of benzene rings is 1. The van der Waals surface area contributed by atoms with Gasteiger partial charge in [0.25, 0.3) is 12.4 Å². The number of nitrogens with two attached hydrogens (primary N) is 1. The summed E-state index contributed by atoms with van der Waals surface area (Å²) in [5, 5.41) is 9.36. The molecule has 2 N–H and O–H groups in total. The largest absolute Gasteiger partial charge is 0.462 e. The molecule has 162 valence electrons. The van der Waals surface area contributed by atoms with Gasteiger partial charge in [0.2, 0.25) is 0 Å². The second-order valence-corrected chi connectivity index (χ2v) is 8.26. The minimum atomic E-state index is -2.84. The third kappa shape index (κ3) is 3.14. The van der Waals surface area contributed by atoms with Crippen molar-refractivity contribution < 1.29 is 17.9 Å². The third-order valence-corrected chi connectivity index (χ3v) is 6.24. The Morgan fingerprint density at radius 3 is 2.84 bits per heavy atom. The van der Waals surface area contributed by atoms with E-state index in [1.807, 2.05) is 6.07 Å². The van der Waals surface area contributed by atoms with Crippen LogP contribution in [0.25, 0.3) is 10.9 Å². The number of hydrogen-bond donors (Lipinski definition) is 1. The molecule has 0 amide bonds. The van der Waals surface area contributed by atoms with E-state index in [0.29, 0.717) is 23.2 Å². The summed E-state index contributed by atoms with van der Waals surface area (Å²) < 4.78 is 48.4. The van der Waals surface area contributed by atoms with Crippen LogP contribution in [0.2, 0.25) is 5.02 Å². The van der Waals surface area contributed by atoms with E-state index in [0.717, 1.165) is 6.20 Å². The van der Waals surface area contributed by atoms with Crippen LogP contribution in [0.5, 0.6) is 0 Å². The first-order chi connectivity index (χ1) is 15.3. The predicted molar refractivity (Wildman–Crippen MR) is 111 cm³/mol. The maximum absolute atomic E-state index is 14.4. The van der Waals surface area contributed by atoms with Gasteiger partial charge in [-0.1, -0.05) is 23.7 Å². The number of nitrogens with zero attached hydrogens (tertiary/aromatic N) is 4. The first-order valence-corrected chi connectivity index (χ1v) is 10.1. The van der Waals surface area contributed by atoms with Crippen molar-refractivity contribution in [2.45, 2.75) is 30.9 Å². The Morgan fingerprint density at radius 2 is 2.09 bits per heavy atom. The van der Waals surface area contributed by atoms with Crippen molar-refractivity contribution in [3.05, 3.63) is 69.9 Å². The molecule has 3 heterocycles. The van der Waals surface area contributed by atoms with E-state index in [1.165, 1.54) is 18.3 Å². The van der Waals surface area contributed by atoms with Gasteiger partial charge in [0.05, 0.1) is 23.0 Å². The highest BCUT2D eigenvalue weighted by Crippen LogP contribution is 2.56. The number of ether oxygens (including phenoxy) is 1. The number of alkyl halides is 2. The van der Waals surface area contributed by atoms with E-state index in [-0.39, 0.29) is 34.0 Å². The van der Waals surface area contributed by atoms with Gasteiger partial charge in [0.15, 0.2) is 11.4 Å². The summed E-state index contributed by atoms with van der Waals surface area (Å²) in [7, 11) is 0. The third-order valence-electron chi connectivity index (χ3n) is 5.91. The van der Waals surface area contributed by atoms with Crippen molar-refractivity contribution in [3.8, 4) is 6.07 Å². The zero-order valence-corrected chi connectivity index (χ0v) is 17.2. The minimum absolute atomic E-state index is 0.145. The fraction of sp³-hybridized carbons (Fsp3) is 0.273. The Bertz CT molecular complexity index is 1320. The molecular formula is C22H15ClF3N5O. The minimum Gasteiger partial charge on any atom is -0.462 e. The summed E-state index contributed by atoms with van der Waals surface area (Å²) in [5.74, 6) is -1.13. The van der Waals surface area contributed by atoms with Crippen LogP contribution in [0.15, 0.2) is 41.7 Å². The number of nitriles is 1. The van der Waals surface area contributed by atoms with Gasteiger partial charge in [0.1, 0.15) is 12.2 Å². The van der Waals surface area contributed by atoms with Gasteiger partial charge in [-0.3, -0.25) is 9.97 Å². The fourth-order valence-electron chi connectivity index (χ4n) is 4.32. The lowest BCUT2D eigenvalue weighted by molar-refractivity contribution is 0.0196. The number of hydrogen-bond acceptors (Lipinski definition) is 6. The number of rotatable bonds is 4. The Kier molecular flexibility index (Phi) is 4.71. The summed E-state index contributed by atoms with van der Waals surface area (Å²) in [6.07, 6.45) is -0.284. The van der Waals surface area contributed by atoms with E-state index in [4.69, 9.17) is 27.3 Å². The second-order valence-electron chi connectivity index (χ2n) is 7.85. The molecule has 3 atom stereocenters. The zero-order chi connectivity index (χ0) is 22.6. The summed E-state index contributed by atoms with van der Waals surface area (Å²) in [6, 6.07) is 7.81. The first kappa shape index (κ1) is 20.5. The van der Waals surface area contributed by atoms with Crippen molar-refractivity contribution in [1.82, 2.24) is 9.97 Å². The molecule has 32 heavy (non-hydrogen) atoms. The molecule has 1 saturated carbocycles. The van der Waals surface area contributed by atoms with Crippen molar-refractivity contribution >= 4 is 28.5 Å². The molecule has 0 saturated heterocycles. The Labute approximate surface area is 185 Å². The molecule has 1 fully saturated rings. The van der Waals surface area contributed by atoms with E-state index in [2.05, 4.69) is 15.0 Å². The molecule has 3 aromatic rings. The summed E-state index contributed by atoms with van der Waals surface area (Å²) in [6.45, 7) is 0. The predicted octanol–water partition coefficient (Wildman–Crippen LogP) is 4.08. The SMILES string of the molecule is N#Cc1cnc2c(Cc3ccc(Cl)c([C@@]4(C(F)F)N=C(N)O[C@@H]5C[C@@H]54)c3)ncc(F)c2c1. The van der Waals surface area contributed by atoms with Gasteiger partial charge < -0.3 is 10.5 Å². The first-order valence-electron chi connectivity index (χ1n) is 9.75. The highest BCUT2D eigenvalue weighted by molar-refractivity contribution is 6.31. The molecule has 1 aromatic carbocycles. The smallest absolute Gasteiger partial charge is 0.283 e. The second kappa shape index (κ2) is 7.35. The molecule has 0 unspecified atom stereocenters. The van der Waals surface area contributed by atoms with Crippen LogP contribution in [0, 0.1) is 23.1 Å². The molecule has 0 radical (unpaired) electrons. The zero-order valence-electron chi connectivity index (χ0n) is 16.4. The topological polar surface area (TPSA) is 97.2 Å². The summed E-state index contributed by atoms with van der Waals surface area (Å²) >= 11 is 6.35. The van der Waals surface area contributed by atoms with Crippen LogP contribution in [0.4, 0.5) is 13.2 Å². The standard InChI is InChI=1S/C22H15ClF3N5O/c23-15-2-1-10(4-13(15)22(20(25)26)14-6-18(14)32-21(28)31-22)5-17-19-12(16(24)9-29-17)3-11(7-27)8-30-19/h1-4,8-9,14,18,20H,5-6H2,(H2,28,31)/t14-,18+,22+/m0/s1. The van der Waals surface area contributed by atoms with Crippen molar-refractivity contribution in [2.75, 3.05) is 0 Å². The average Bonchev–Trinajstić information content (AvgIpc) is 3.55. The van der Waals surface area contributed by atoms with Crippen LogP contribution < -0.4 is 5.73 Å². The van der Waals surface area contributed by atoms with E-state index >= 15 is 0 Å². The summed E-state index contributed by atoms with van der Waals surface area (Å²) in [5.41, 5.74) is 5.52. The Balaban J connectivity index is 1.60. The van der Waals surface area contributed by atoms with Gasteiger partial charge in [-0.15, -0.1) is 0 Å². The van der Waals surface area contributed by atoms with Crippen molar-refractivity contribution in [2.24, 2.45) is 16.6 Å². The van der Waals surface area contributed by atoms with E-state index in [1.54, 1.807) is 12.1 Å². The van der Waals surface area contributed by atoms with Crippen molar-refractivity contribution in [1.29, 1.82) is 5.26 Å². The highest BCUT2D eigenvalue weighted by Gasteiger charge is 2.64. The van der Waals surface area contributed by atoms with E-state index < -0.39 is 29.8 Å². The quantitative estimate of drug-likeness (QED) is 0.636. The lowest BCUT2D eigenvalue weighted by atomic mass is 9.84. The maximum atomic E-state index is 14.4. The number of aromatic nitrogens is 2. The average molecular weight is 458 g/mol. The molecule has 2 aromatic heterocycles. The number of amidine groups is 1. The van der Waals surface area contributed by atoms with Crippen molar-refractivity contribution in [3.63, 3.8) is 0 Å². The number of halogens is 4. The number of aliphatic imine (C=N–C) groups is 1. The molecule has 5 rings (SSSR count). The molecule has 0 bridgehead atoms. The molecule has 1 aliphatic heterocycles. The maximum Gasteiger partial charge on any atom is 0.283 e. The van der Waals surface area contributed by atoms with Gasteiger partial charge in [-0.05, 0) is 24.1 Å². The fourth-order valence-corrected chi connectivity index (χ4v) is 4.58. The lowest BCUT2D eigenvalue weighted by Gasteiger charge is -2.33. The van der Waals surface area contributed by atoms with Crippen LogP contribution in [0.1, 0.15) is 28.8 Å². The van der Waals surface area contributed by atoms with E-state index in [9.17, 15) is 13.2 Å². The Morgan fingerprint density at radius 1 is 1.28 bits per heavy atom. The lowest BCUT2D eigenvalue weighted by Crippen LogP contribution is -2.43. The van der Waals surface area contributed by atoms with Gasteiger partial charge in [0, 0.05) is 34.5 Å². The molecule has 2 aliphatic rings. The molecule has 6 nitrogen and oxygen atoms in total. The van der Waals surface area contributed by atoms with Gasteiger partial charge in [-0.2, -0.15) is 5.26 Å². The molecule has 0 spiro atoms. The van der Waals surface area contributed by atoms with Gasteiger partial charge >= 0.3 is 0 Å². The highest BCUT2D eigenvalue weighted by atomic mass is 35.5. The number of pyridine rings is 2. The van der Waals surface area contributed by atoms with Crippen LogP contribution in [0.3, 0.4) is 0 Å². The molecular weight excluding hydrogens is 443 g/mol.